The molecule has 15 heavy (non-hydrogen) atoms. The van der Waals surface area contributed by atoms with Gasteiger partial charge in [-0.1, -0.05) is 6.08 Å². The fourth-order valence-corrected chi connectivity index (χ4v) is 2.20. The zero-order valence-corrected chi connectivity index (χ0v) is 9.53. The molecule has 0 N–H and O–H groups in total. The molecule has 0 amide bonds. The minimum absolute atomic E-state index is 0.0849. The fraction of sp³-hybridized carbons (Fsp3) is 0.400. The topological polar surface area (TPSA) is 50.5 Å². The Morgan fingerprint density at radius 2 is 2.33 bits per heavy atom. The summed E-state index contributed by atoms with van der Waals surface area (Å²) in [6.07, 6.45) is 3.09. The second-order valence-electron chi connectivity index (χ2n) is 3.06. The van der Waals surface area contributed by atoms with Gasteiger partial charge in [0.1, 0.15) is 5.76 Å². The lowest BCUT2D eigenvalue weighted by molar-refractivity contribution is 0.387. The van der Waals surface area contributed by atoms with Crippen LogP contribution in [-0.4, -0.2) is 25.0 Å². The Kier molecular flexibility index (Phi) is 4.11. The van der Waals surface area contributed by atoms with Crippen molar-refractivity contribution in [1.82, 2.24) is 4.31 Å². The van der Waals surface area contributed by atoms with Crippen LogP contribution in [0.3, 0.4) is 0 Å². The van der Waals surface area contributed by atoms with Crippen molar-refractivity contribution in [3.8, 4) is 0 Å². The molecule has 1 heterocycles. The van der Waals surface area contributed by atoms with Crippen LogP contribution < -0.4 is 0 Å². The molecule has 84 valence electrons. The van der Waals surface area contributed by atoms with Gasteiger partial charge in [-0.2, -0.15) is 4.31 Å². The molecule has 0 unspecified atom stereocenters. The Balaban J connectivity index is 2.80. The summed E-state index contributed by atoms with van der Waals surface area (Å²) in [5, 5.41) is 0. The first-order chi connectivity index (χ1) is 7.10. The highest BCUT2D eigenvalue weighted by Crippen LogP contribution is 2.10. The van der Waals surface area contributed by atoms with E-state index in [0.717, 1.165) is 0 Å². The monoisotopic (exact) mass is 229 g/mol. The number of nitrogens with zero attached hydrogens (tertiary/aromatic N) is 1. The van der Waals surface area contributed by atoms with E-state index in [9.17, 15) is 8.42 Å². The molecular formula is C10H15NO3S. The quantitative estimate of drug-likeness (QED) is 0.696. The van der Waals surface area contributed by atoms with Gasteiger partial charge in [0.05, 0.1) is 18.6 Å². The van der Waals surface area contributed by atoms with Crippen LogP contribution >= 0.6 is 0 Å². The molecule has 0 saturated heterocycles. The smallest absolute Gasteiger partial charge is 0.214 e. The Morgan fingerprint density at radius 1 is 1.60 bits per heavy atom. The van der Waals surface area contributed by atoms with Gasteiger partial charge in [-0.3, -0.25) is 0 Å². The minimum atomic E-state index is -3.20. The van der Waals surface area contributed by atoms with Crippen molar-refractivity contribution in [3.05, 3.63) is 36.8 Å². The summed E-state index contributed by atoms with van der Waals surface area (Å²) in [6.45, 7) is 5.72. The maximum absolute atomic E-state index is 11.7. The summed E-state index contributed by atoms with van der Waals surface area (Å²) >= 11 is 0. The summed E-state index contributed by atoms with van der Waals surface area (Å²) in [4.78, 5) is 0. The second kappa shape index (κ2) is 5.14. The third-order valence-electron chi connectivity index (χ3n) is 2.00. The summed E-state index contributed by atoms with van der Waals surface area (Å²) < 4.78 is 29.8. The van der Waals surface area contributed by atoms with Crippen LogP contribution in [0.25, 0.3) is 0 Å². The van der Waals surface area contributed by atoms with Crippen molar-refractivity contribution >= 4 is 10.0 Å². The molecule has 0 bridgehead atoms. The summed E-state index contributed by atoms with van der Waals surface area (Å²) in [6, 6.07) is 3.49. The van der Waals surface area contributed by atoms with E-state index < -0.39 is 10.0 Å². The molecule has 0 saturated carbocycles. The average molecular weight is 229 g/mol. The molecule has 0 aliphatic carbocycles. The first-order valence-corrected chi connectivity index (χ1v) is 6.32. The van der Waals surface area contributed by atoms with Crippen molar-refractivity contribution in [2.24, 2.45) is 0 Å². The molecule has 0 aliphatic rings. The molecule has 1 aromatic heterocycles. The van der Waals surface area contributed by atoms with E-state index in [2.05, 4.69) is 6.58 Å². The van der Waals surface area contributed by atoms with E-state index in [1.807, 2.05) is 0 Å². The lowest BCUT2D eigenvalue weighted by Gasteiger charge is -2.18. The van der Waals surface area contributed by atoms with Crippen LogP contribution in [0.5, 0.6) is 0 Å². The van der Waals surface area contributed by atoms with Crippen LogP contribution in [0.1, 0.15) is 12.7 Å². The average Bonchev–Trinajstić information content (AvgIpc) is 2.70. The van der Waals surface area contributed by atoms with Gasteiger partial charge in [-0.05, 0) is 19.1 Å². The van der Waals surface area contributed by atoms with Crippen molar-refractivity contribution in [1.29, 1.82) is 0 Å². The number of sulfonamides is 1. The minimum Gasteiger partial charge on any atom is -0.468 e. The zero-order chi connectivity index (χ0) is 11.3. The molecule has 0 spiro atoms. The lowest BCUT2D eigenvalue weighted by atomic mass is 10.4. The van der Waals surface area contributed by atoms with Gasteiger partial charge in [0.25, 0.3) is 0 Å². The Hall–Kier alpha value is -1.07. The molecule has 1 rings (SSSR count). The number of furan rings is 1. The second-order valence-corrected chi connectivity index (χ2v) is 5.32. The molecule has 0 radical (unpaired) electrons. The van der Waals surface area contributed by atoms with E-state index in [-0.39, 0.29) is 12.3 Å². The molecule has 0 fully saturated rings. The van der Waals surface area contributed by atoms with Crippen LogP contribution in [0.15, 0.2) is 35.5 Å². The Labute approximate surface area is 90.2 Å². The number of rotatable bonds is 6. The molecular weight excluding hydrogens is 214 g/mol. The maximum Gasteiger partial charge on any atom is 0.214 e. The molecule has 1 aromatic rings. The summed E-state index contributed by atoms with van der Waals surface area (Å²) in [5.74, 6) is 0.718. The molecule has 0 aliphatic heterocycles. The van der Waals surface area contributed by atoms with Gasteiger partial charge in [0.15, 0.2) is 0 Å². The van der Waals surface area contributed by atoms with E-state index in [0.29, 0.717) is 12.3 Å². The van der Waals surface area contributed by atoms with Gasteiger partial charge in [0.2, 0.25) is 10.0 Å². The SMILES string of the molecule is C=CCN(Cc1ccco1)S(=O)(=O)CC. The first kappa shape index (κ1) is 12.0. The predicted octanol–water partition coefficient (Wildman–Crippen LogP) is 1.62. The largest absolute Gasteiger partial charge is 0.468 e. The maximum atomic E-state index is 11.7. The molecule has 0 atom stereocenters. The molecule has 5 heteroatoms. The van der Waals surface area contributed by atoms with Crippen LogP contribution in [0.4, 0.5) is 0 Å². The highest BCUT2D eigenvalue weighted by molar-refractivity contribution is 7.89. The molecule has 4 nitrogen and oxygen atoms in total. The van der Waals surface area contributed by atoms with Crippen LogP contribution in [-0.2, 0) is 16.6 Å². The van der Waals surface area contributed by atoms with Crippen molar-refractivity contribution in [2.75, 3.05) is 12.3 Å². The number of hydrogen-bond donors (Lipinski definition) is 0. The van der Waals surface area contributed by atoms with Crippen molar-refractivity contribution < 1.29 is 12.8 Å². The summed E-state index contributed by atoms with van der Waals surface area (Å²) in [7, 11) is -3.20. The lowest BCUT2D eigenvalue weighted by Crippen LogP contribution is -2.31. The third-order valence-corrected chi connectivity index (χ3v) is 3.80. The van der Waals surface area contributed by atoms with Gasteiger partial charge < -0.3 is 4.42 Å². The summed E-state index contributed by atoms with van der Waals surface area (Å²) in [5.41, 5.74) is 0. The normalized spacial score (nSPS) is 11.9. The van der Waals surface area contributed by atoms with Gasteiger partial charge in [-0.25, -0.2) is 8.42 Å². The van der Waals surface area contributed by atoms with Gasteiger partial charge in [0, 0.05) is 6.54 Å². The van der Waals surface area contributed by atoms with Crippen LogP contribution in [0.2, 0.25) is 0 Å². The van der Waals surface area contributed by atoms with E-state index in [1.54, 1.807) is 25.1 Å². The highest BCUT2D eigenvalue weighted by atomic mass is 32.2. The Bertz CT molecular complexity index is 394. The predicted molar refractivity (Wildman–Crippen MR) is 58.8 cm³/mol. The van der Waals surface area contributed by atoms with Crippen LogP contribution in [0, 0.1) is 0 Å². The standard InChI is InChI=1S/C10H15NO3S/c1-3-7-11(15(12,13)4-2)9-10-6-5-8-14-10/h3,5-6,8H,1,4,7,9H2,2H3. The number of hydrogen-bond acceptors (Lipinski definition) is 3. The van der Waals surface area contributed by atoms with Gasteiger partial charge in [-0.15, -0.1) is 6.58 Å². The van der Waals surface area contributed by atoms with Gasteiger partial charge >= 0.3 is 0 Å². The third kappa shape index (κ3) is 3.21. The highest BCUT2D eigenvalue weighted by Gasteiger charge is 2.19. The Morgan fingerprint density at radius 3 is 2.80 bits per heavy atom. The van der Waals surface area contributed by atoms with E-state index in [4.69, 9.17) is 4.42 Å². The van der Waals surface area contributed by atoms with E-state index >= 15 is 0 Å². The zero-order valence-electron chi connectivity index (χ0n) is 8.72. The molecule has 0 aromatic carbocycles. The fourth-order valence-electron chi connectivity index (χ4n) is 1.18. The first-order valence-electron chi connectivity index (χ1n) is 4.71. The van der Waals surface area contributed by atoms with Crippen molar-refractivity contribution in [3.63, 3.8) is 0 Å². The van der Waals surface area contributed by atoms with E-state index in [1.165, 1.54) is 10.6 Å². The van der Waals surface area contributed by atoms with Crippen molar-refractivity contribution in [2.45, 2.75) is 13.5 Å².